The van der Waals surface area contributed by atoms with Crippen molar-refractivity contribution < 1.29 is 5.11 Å². The zero-order valence-corrected chi connectivity index (χ0v) is 8.95. The largest absolute Gasteiger partial charge is 0.385 e. The Morgan fingerprint density at radius 3 is 2.69 bits per heavy atom. The number of aliphatic hydroxyl groups is 1. The van der Waals surface area contributed by atoms with E-state index in [4.69, 9.17) is 11.6 Å². The Kier molecular flexibility index (Phi) is 2.30. The predicted molar refractivity (Wildman–Crippen MR) is 56.4 cm³/mol. The third kappa shape index (κ3) is 1.71. The van der Waals surface area contributed by atoms with Gasteiger partial charge in [-0.25, -0.2) is 0 Å². The topological polar surface area (TPSA) is 20.2 Å². The monoisotopic (exact) mass is 214 g/mol. The normalized spacial score (nSPS) is 18.7. The van der Waals surface area contributed by atoms with Crippen LogP contribution in [-0.4, -0.2) is 11.4 Å². The first kappa shape index (κ1) is 9.38. The van der Waals surface area contributed by atoms with E-state index in [1.807, 2.05) is 24.5 Å². The second kappa shape index (κ2) is 3.19. The minimum atomic E-state index is -0.622. The van der Waals surface area contributed by atoms with Gasteiger partial charge in [0.05, 0.1) is 5.60 Å². The van der Waals surface area contributed by atoms with Crippen molar-refractivity contribution in [1.29, 1.82) is 0 Å². The predicted octanol–water partition coefficient (Wildman–Crippen LogP) is 3.04. The minimum Gasteiger partial charge on any atom is -0.385 e. The van der Waals surface area contributed by atoms with E-state index in [-0.39, 0.29) is 0 Å². The van der Waals surface area contributed by atoms with Crippen molar-refractivity contribution in [3.63, 3.8) is 0 Å². The maximum absolute atomic E-state index is 9.91. The smallest absolute Gasteiger partial charge is 0.0913 e. The molecular weight excluding hydrogens is 204 g/mol. The molecule has 13 heavy (non-hydrogen) atoms. The second-order valence-electron chi connectivity index (χ2n) is 3.38. The van der Waals surface area contributed by atoms with Crippen LogP contribution < -0.4 is 0 Å². The van der Waals surface area contributed by atoms with Gasteiger partial charge in [0.25, 0.3) is 0 Å². The van der Waals surface area contributed by atoms with Crippen molar-refractivity contribution in [2.75, 3.05) is 6.26 Å². The summed E-state index contributed by atoms with van der Waals surface area (Å²) < 4.78 is 0. The molecule has 2 rings (SSSR count). The van der Waals surface area contributed by atoms with Crippen LogP contribution in [0, 0.1) is 0 Å². The summed E-state index contributed by atoms with van der Waals surface area (Å²) in [6.45, 7) is 0. The summed E-state index contributed by atoms with van der Waals surface area (Å²) in [5.74, 6) is 0. The van der Waals surface area contributed by atoms with Crippen molar-refractivity contribution in [2.24, 2.45) is 0 Å². The summed E-state index contributed by atoms with van der Waals surface area (Å²) in [5.41, 5.74) is 0.268. The molecule has 0 heterocycles. The molecule has 0 aliphatic heterocycles. The van der Waals surface area contributed by atoms with Crippen LogP contribution in [0.5, 0.6) is 0 Å². The van der Waals surface area contributed by atoms with Gasteiger partial charge in [-0.2, -0.15) is 0 Å². The summed E-state index contributed by atoms with van der Waals surface area (Å²) in [5, 5.41) is 10.6. The number of halogens is 1. The highest BCUT2D eigenvalue weighted by Gasteiger charge is 2.43. The molecule has 0 bridgehead atoms. The molecule has 1 aromatic rings. The molecule has 1 saturated carbocycles. The molecule has 0 radical (unpaired) electrons. The van der Waals surface area contributed by atoms with Crippen molar-refractivity contribution >= 4 is 23.4 Å². The van der Waals surface area contributed by atoms with Gasteiger partial charge in [-0.3, -0.25) is 0 Å². The van der Waals surface area contributed by atoms with Crippen LogP contribution in [-0.2, 0) is 5.60 Å². The van der Waals surface area contributed by atoms with Gasteiger partial charge >= 0.3 is 0 Å². The van der Waals surface area contributed by atoms with Crippen molar-refractivity contribution in [1.82, 2.24) is 0 Å². The maximum Gasteiger partial charge on any atom is 0.0913 e. The lowest BCUT2D eigenvalue weighted by Gasteiger charge is -2.11. The number of rotatable bonds is 2. The van der Waals surface area contributed by atoms with Gasteiger partial charge in [0.1, 0.15) is 0 Å². The van der Waals surface area contributed by atoms with E-state index in [2.05, 4.69) is 0 Å². The zero-order chi connectivity index (χ0) is 9.47. The third-order valence-electron chi connectivity index (χ3n) is 2.40. The molecule has 0 unspecified atom stereocenters. The molecule has 70 valence electrons. The van der Waals surface area contributed by atoms with Gasteiger partial charge in [-0.1, -0.05) is 11.6 Å². The van der Waals surface area contributed by atoms with Gasteiger partial charge in [-0.05, 0) is 37.3 Å². The Labute approximate surface area is 87.1 Å². The maximum atomic E-state index is 9.91. The molecule has 1 fully saturated rings. The highest BCUT2D eigenvalue weighted by Crippen LogP contribution is 2.48. The van der Waals surface area contributed by atoms with E-state index in [0.717, 1.165) is 23.3 Å². The van der Waals surface area contributed by atoms with Crippen LogP contribution in [0.15, 0.2) is 23.1 Å². The molecule has 0 saturated heterocycles. The molecule has 1 nitrogen and oxygen atoms in total. The number of benzene rings is 1. The highest BCUT2D eigenvalue weighted by atomic mass is 35.5. The van der Waals surface area contributed by atoms with Crippen LogP contribution in [0.1, 0.15) is 18.4 Å². The first-order valence-electron chi connectivity index (χ1n) is 4.22. The SMILES string of the molecule is CSc1ccc(Cl)c(C2(O)CC2)c1. The molecule has 1 aliphatic carbocycles. The summed E-state index contributed by atoms with van der Waals surface area (Å²) in [6, 6.07) is 5.82. The van der Waals surface area contributed by atoms with E-state index >= 15 is 0 Å². The summed E-state index contributed by atoms with van der Waals surface area (Å²) in [7, 11) is 0. The minimum absolute atomic E-state index is 0.622. The van der Waals surface area contributed by atoms with Crippen molar-refractivity contribution in [3.8, 4) is 0 Å². The molecule has 1 aromatic carbocycles. The van der Waals surface area contributed by atoms with Crippen molar-refractivity contribution in [3.05, 3.63) is 28.8 Å². The van der Waals surface area contributed by atoms with Gasteiger partial charge < -0.3 is 5.11 Å². The zero-order valence-electron chi connectivity index (χ0n) is 7.38. The first-order chi connectivity index (χ1) is 6.15. The Bertz CT molecular complexity index is 334. The number of hydrogen-bond acceptors (Lipinski definition) is 2. The Morgan fingerprint density at radius 1 is 1.46 bits per heavy atom. The fraction of sp³-hybridized carbons (Fsp3) is 0.400. The van der Waals surface area contributed by atoms with Crippen LogP contribution in [0.4, 0.5) is 0 Å². The Balaban J connectivity index is 2.43. The molecule has 0 spiro atoms. The lowest BCUT2D eigenvalue weighted by molar-refractivity contribution is 0.151. The standard InChI is InChI=1S/C10H11ClOS/c1-13-7-2-3-9(11)8(6-7)10(12)4-5-10/h2-3,6,12H,4-5H2,1H3. The molecule has 1 N–H and O–H groups in total. The van der Waals surface area contributed by atoms with E-state index in [1.165, 1.54) is 0 Å². The highest BCUT2D eigenvalue weighted by molar-refractivity contribution is 7.98. The van der Waals surface area contributed by atoms with Crippen LogP contribution in [0.3, 0.4) is 0 Å². The van der Waals surface area contributed by atoms with Crippen LogP contribution in [0.25, 0.3) is 0 Å². The van der Waals surface area contributed by atoms with Crippen LogP contribution >= 0.6 is 23.4 Å². The van der Waals surface area contributed by atoms with Gasteiger partial charge in [0, 0.05) is 15.5 Å². The molecule has 0 amide bonds. The van der Waals surface area contributed by atoms with Gasteiger partial charge in [0.2, 0.25) is 0 Å². The lowest BCUT2D eigenvalue weighted by Crippen LogP contribution is -2.04. The van der Waals surface area contributed by atoms with Crippen LogP contribution in [0.2, 0.25) is 5.02 Å². The Morgan fingerprint density at radius 2 is 2.15 bits per heavy atom. The van der Waals surface area contributed by atoms with Gasteiger partial charge in [-0.15, -0.1) is 11.8 Å². The summed E-state index contributed by atoms with van der Waals surface area (Å²) >= 11 is 7.67. The van der Waals surface area contributed by atoms with E-state index in [9.17, 15) is 5.11 Å². The lowest BCUT2D eigenvalue weighted by atomic mass is 10.1. The fourth-order valence-corrected chi connectivity index (χ4v) is 2.11. The van der Waals surface area contributed by atoms with E-state index in [0.29, 0.717) is 5.02 Å². The first-order valence-corrected chi connectivity index (χ1v) is 5.82. The Hall–Kier alpha value is -0.180. The molecule has 0 atom stereocenters. The average molecular weight is 215 g/mol. The van der Waals surface area contributed by atoms with Crippen molar-refractivity contribution in [2.45, 2.75) is 23.3 Å². The molecular formula is C10H11ClOS. The second-order valence-corrected chi connectivity index (χ2v) is 4.66. The number of thioether (sulfide) groups is 1. The fourth-order valence-electron chi connectivity index (χ4n) is 1.38. The molecule has 3 heteroatoms. The van der Waals surface area contributed by atoms with E-state index in [1.54, 1.807) is 11.8 Å². The third-order valence-corrected chi connectivity index (χ3v) is 3.45. The summed E-state index contributed by atoms with van der Waals surface area (Å²) in [4.78, 5) is 1.15. The van der Waals surface area contributed by atoms with E-state index < -0.39 is 5.60 Å². The van der Waals surface area contributed by atoms with Gasteiger partial charge in [0.15, 0.2) is 0 Å². The average Bonchev–Trinajstić information content (AvgIpc) is 2.86. The number of hydrogen-bond donors (Lipinski definition) is 1. The quantitative estimate of drug-likeness (QED) is 0.764. The summed E-state index contributed by atoms with van der Waals surface area (Å²) in [6.07, 6.45) is 3.69. The molecule has 0 aromatic heterocycles. The molecule has 1 aliphatic rings.